The summed E-state index contributed by atoms with van der Waals surface area (Å²) in [4.78, 5) is 0. The summed E-state index contributed by atoms with van der Waals surface area (Å²) in [5.41, 5.74) is 7.83. The third kappa shape index (κ3) is 1.91. The third-order valence-corrected chi connectivity index (χ3v) is 4.70. The third-order valence-electron chi connectivity index (χ3n) is 4.70. The summed E-state index contributed by atoms with van der Waals surface area (Å²) < 4.78 is 6.19. The van der Waals surface area contributed by atoms with Crippen LogP contribution >= 0.6 is 0 Å². The molecule has 3 N–H and O–H groups in total. The number of nitrogens with one attached hydrogen (secondary N) is 1. The maximum absolute atomic E-state index is 6.36. The van der Waals surface area contributed by atoms with Crippen LogP contribution in [-0.4, -0.2) is 18.2 Å². The minimum atomic E-state index is -0.240. The fourth-order valence-corrected chi connectivity index (χ4v) is 2.66. The number of hydrogen-bond donors (Lipinski definition) is 2. The molecule has 1 aliphatic rings. The summed E-state index contributed by atoms with van der Waals surface area (Å²) in [6.07, 6.45) is 0. The van der Waals surface area contributed by atoms with Gasteiger partial charge in [0.15, 0.2) is 0 Å². The van der Waals surface area contributed by atoms with Crippen LogP contribution in [0.1, 0.15) is 27.7 Å². The molecule has 104 valence electrons. The van der Waals surface area contributed by atoms with Gasteiger partial charge < -0.3 is 15.6 Å². The van der Waals surface area contributed by atoms with Crippen LogP contribution in [0, 0.1) is 0 Å². The molecule has 2 aromatic rings. The van der Waals surface area contributed by atoms with Crippen LogP contribution < -0.4 is 16.4 Å². The second-order valence-corrected chi connectivity index (χ2v) is 6.57. The highest BCUT2D eigenvalue weighted by Gasteiger charge is 2.50. The number of nitrogens with two attached hydrogens (primary N) is 1. The highest BCUT2D eigenvalue weighted by Crippen LogP contribution is 2.32. The van der Waals surface area contributed by atoms with E-state index in [0.717, 1.165) is 21.9 Å². The molecule has 2 aromatic carbocycles. The van der Waals surface area contributed by atoms with Crippen LogP contribution in [0.4, 0.5) is 5.69 Å². The standard InChI is InChI=1S/C16H21BN2O/c1-15(2)16(3,4)20-17(19-15)13-10-9-11-7-5-6-8-12(11)14(13)18/h5-10,19H,18H2,1-4H3. The van der Waals surface area contributed by atoms with Gasteiger partial charge in [-0.1, -0.05) is 36.4 Å². The molecule has 0 radical (unpaired) electrons. The second-order valence-electron chi connectivity index (χ2n) is 6.57. The number of anilines is 1. The maximum Gasteiger partial charge on any atom is 0.418 e. The summed E-state index contributed by atoms with van der Waals surface area (Å²) >= 11 is 0. The molecule has 3 nitrogen and oxygen atoms in total. The second kappa shape index (κ2) is 4.24. The van der Waals surface area contributed by atoms with E-state index in [2.05, 4.69) is 57.2 Å². The summed E-state index contributed by atoms with van der Waals surface area (Å²) in [6, 6.07) is 12.3. The number of hydrogen-bond acceptors (Lipinski definition) is 3. The van der Waals surface area contributed by atoms with E-state index in [1.54, 1.807) is 0 Å². The van der Waals surface area contributed by atoms with Gasteiger partial charge in [0, 0.05) is 16.6 Å². The van der Waals surface area contributed by atoms with Crippen LogP contribution in [0.2, 0.25) is 0 Å². The van der Waals surface area contributed by atoms with Gasteiger partial charge in [0.25, 0.3) is 0 Å². The lowest BCUT2D eigenvalue weighted by molar-refractivity contribution is 0.0750. The first kappa shape index (κ1) is 13.5. The molecular weight excluding hydrogens is 247 g/mol. The van der Waals surface area contributed by atoms with Gasteiger partial charge in [-0.2, -0.15) is 0 Å². The summed E-state index contributed by atoms with van der Waals surface area (Å²) in [7, 11) is -0.162. The molecule has 1 fully saturated rings. The van der Waals surface area contributed by atoms with E-state index in [1.807, 2.05) is 12.1 Å². The van der Waals surface area contributed by atoms with Gasteiger partial charge in [0.05, 0.1) is 5.60 Å². The summed E-state index contributed by atoms with van der Waals surface area (Å²) in [5, 5.41) is 5.78. The van der Waals surface area contributed by atoms with Gasteiger partial charge in [-0.05, 0) is 38.5 Å². The first-order valence-electron chi connectivity index (χ1n) is 7.04. The largest absolute Gasteiger partial charge is 0.418 e. The average Bonchev–Trinajstić information content (AvgIpc) is 2.59. The van der Waals surface area contributed by atoms with E-state index >= 15 is 0 Å². The van der Waals surface area contributed by atoms with Crippen molar-refractivity contribution < 1.29 is 4.65 Å². The molecule has 0 amide bonds. The summed E-state index contributed by atoms with van der Waals surface area (Å²) in [6.45, 7) is 8.53. The van der Waals surface area contributed by atoms with Gasteiger partial charge in [0.1, 0.15) is 0 Å². The molecule has 0 aliphatic carbocycles. The Bertz CT molecular complexity index is 651. The first-order chi connectivity index (χ1) is 9.32. The molecule has 0 atom stereocenters. The van der Waals surface area contributed by atoms with Crippen LogP contribution in [0.15, 0.2) is 36.4 Å². The Morgan fingerprint density at radius 2 is 1.75 bits per heavy atom. The quantitative estimate of drug-likeness (QED) is 0.616. The van der Waals surface area contributed by atoms with E-state index in [0.29, 0.717) is 0 Å². The van der Waals surface area contributed by atoms with Crippen molar-refractivity contribution in [1.29, 1.82) is 0 Å². The Kier molecular flexibility index (Phi) is 2.85. The van der Waals surface area contributed by atoms with Crippen LogP contribution in [-0.2, 0) is 4.65 Å². The van der Waals surface area contributed by atoms with Crippen molar-refractivity contribution in [2.75, 3.05) is 5.73 Å². The van der Waals surface area contributed by atoms with E-state index in [4.69, 9.17) is 10.4 Å². The molecule has 0 saturated carbocycles. The zero-order valence-corrected chi connectivity index (χ0v) is 12.5. The minimum absolute atomic E-state index is 0.101. The molecule has 1 heterocycles. The average molecular weight is 268 g/mol. The lowest BCUT2D eigenvalue weighted by Gasteiger charge is -2.33. The van der Waals surface area contributed by atoms with Crippen molar-refractivity contribution >= 4 is 29.0 Å². The van der Waals surface area contributed by atoms with E-state index in [9.17, 15) is 0 Å². The molecule has 1 saturated heterocycles. The number of rotatable bonds is 1. The van der Waals surface area contributed by atoms with E-state index in [1.165, 1.54) is 0 Å². The normalized spacial score (nSPS) is 20.5. The minimum Gasteiger partial charge on any atom is -0.411 e. The van der Waals surface area contributed by atoms with Crippen molar-refractivity contribution in [1.82, 2.24) is 5.23 Å². The van der Waals surface area contributed by atoms with Gasteiger partial charge >= 0.3 is 7.05 Å². The predicted molar refractivity (Wildman–Crippen MR) is 86.1 cm³/mol. The van der Waals surface area contributed by atoms with Crippen LogP contribution in [0.5, 0.6) is 0 Å². The molecule has 0 aromatic heterocycles. The highest BCUT2D eigenvalue weighted by atomic mass is 16.5. The molecule has 3 rings (SSSR count). The number of nitrogen functional groups attached to an aromatic ring is 1. The Morgan fingerprint density at radius 1 is 1.05 bits per heavy atom. The van der Waals surface area contributed by atoms with Crippen molar-refractivity contribution in [2.45, 2.75) is 38.8 Å². The molecule has 1 aliphatic heterocycles. The Balaban J connectivity index is 2.06. The van der Waals surface area contributed by atoms with Gasteiger partial charge in [-0.25, -0.2) is 0 Å². The van der Waals surface area contributed by atoms with Crippen molar-refractivity contribution in [3.05, 3.63) is 36.4 Å². The molecule has 0 spiro atoms. The molecule has 20 heavy (non-hydrogen) atoms. The molecule has 4 heteroatoms. The lowest BCUT2D eigenvalue weighted by Crippen LogP contribution is -2.51. The number of fused-ring (bicyclic) bond motifs is 1. The van der Waals surface area contributed by atoms with E-state index < -0.39 is 0 Å². The highest BCUT2D eigenvalue weighted by molar-refractivity contribution is 6.68. The zero-order chi connectivity index (χ0) is 14.5. The van der Waals surface area contributed by atoms with Gasteiger partial charge in [-0.3, -0.25) is 0 Å². The van der Waals surface area contributed by atoms with Crippen molar-refractivity contribution in [3.63, 3.8) is 0 Å². The molecular formula is C16H21BN2O. The fourth-order valence-electron chi connectivity index (χ4n) is 2.66. The summed E-state index contributed by atoms with van der Waals surface area (Å²) in [5.74, 6) is 0. The lowest BCUT2D eigenvalue weighted by atomic mass is 9.71. The van der Waals surface area contributed by atoms with E-state index in [-0.39, 0.29) is 18.2 Å². The van der Waals surface area contributed by atoms with Crippen molar-refractivity contribution in [3.8, 4) is 0 Å². The van der Waals surface area contributed by atoms with Crippen molar-refractivity contribution in [2.24, 2.45) is 0 Å². The maximum atomic E-state index is 6.36. The fraction of sp³-hybridized carbons (Fsp3) is 0.375. The molecule has 0 bridgehead atoms. The Labute approximate surface area is 120 Å². The van der Waals surface area contributed by atoms with Gasteiger partial charge in [-0.15, -0.1) is 0 Å². The Hall–Kier alpha value is -1.52. The zero-order valence-electron chi connectivity index (χ0n) is 12.5. The predicted octanol–water partition coefficient (Wildman–Crippen LogP) is 2.29. The number of benzene rings is 2. The SMILES string of the molecule is CC1(C)NB(c2ccc3ccccc3c2N)OC1(C)C. The van der Waals surface area contributed by atoms with Gasteiger partial charge in [0.2, 0.25) is 0 Å². The topological polar surface area (TPSA) is 47.3 Å². The van der Waals surface area contributed by atoms with Crippen LogP contribution in [0.3, 0.4) is 0 Å². The monoisotopic (exact) mass is 268 g/mol. The smallest absolute Gasteiger partial charge is 0.411 e. The van der Waals surface area contributed by atoms with Crippen LogP contribution in [0.25, 0.3) is 10.8 Å². The first-order valence-corrected chi connectivity index (χ1v) is 7.04. The Morgan fingerprint density at radius 3 is 2.40 bits per heavy atom. The molecule has 0 unspecified atom stereocenters.